The zero-order valence-corrected chi connectivity index (χ0v) is 10.8. The average Bonchev–Trinajstić information content (AvgIpc) is 2.26. The first-order chi connectivity index (χ1) is 7.55. The van der Waals surface area contributed by atoms with Crippen LogP contribution in [0.3, 0.4) is 0 Å². The number of nitrogens with one attached hydrogen (secondary N) is 1. The zero-order valence-electron chi connectivity index (χ0n) is 10.8. The summed E-state index contributed by atoms with van der Waals surface area (Å²) in [6.07, 6.45) is 0. The van der Waals surface area contributed by atoms with Gasteiger partial charge >= 0.3 is 5.97 Å². The number of hydrogen-bond donors (Lipinski definition) is 1. The van der Waals surface area contributed by atoms with Crippen molar-refractivity contribution in [2.75, 3.05) is 41.1 Å². The van der Waals surface area contributed by atoms with Crippen LogP contribution in [0.1, 0.15) is 13.8 Å². The van der Waals surface area contributed by atoms with Crippen LogP contribution in [0.25, 0.3) is 0 Å². The van der Waals surface area contributed by atoms with Crippen molar-refractivity contribution in [1.82, 2.24) is 5.32 Å². The van der Waals surface area contributed by atoms with Crippen LogP contribution in [0.15, 0.2) is 0 Å². The fourth-order valence-corrected chi connectivity index (χ4v) is 1.57. The van der Waals surface area contributed by atoms with Crippen LogP contribution in [0, 0.1) is 5.92 Å². The van der Waals surface area contributed by atoms with Gasteiger partial charge < -0.3 is 14.2 Å². The molecular formula is C11H23NO4. The molecule has 0 saturated carbocycles. The van der Waals surface area contributed by atoms with Gasteiger partial charge in [-0.3, -0.25) is 5.32 Å². The number of ether oxygens (including phenoxy) is 3. The second-order valence-corrected chi connectivity index (χ2v) is 3.97. The maximum Gasteiger partial charge on any atom is 0.328 e. The molecule has 5 nitrogen and oxygen atoms in total. The Morgan fingerprint density at radius 3 is 2.25 bits per heavy atom. The topological polar surface area (TPSA) is 56.8 Å². The molecule has 0 aliphatic heterocycles. The van der Waals surface area contributed by atoms with Crippen LogP contribution in [-0.4, -0.2) is 52.6 Å². The molecule has 0 aliphatic carbocycles. The van der Waals surface area contributed by atoms with Crippen LogP contribution in [0.2, 0.25) is 0 Å². The Hall–Kier alpha value is -0.650. The number of esters is 1. The molecule has 0 radical (unpaired) electrons. The van der Waals surface area contributed by atoms with E-state index in [1.807, 2.05) is 13.8 Å². The molecule has 1 unspecified atom stereocenters. The minimum Gasteiger partial charge on any atom is -0.468 e. The molecule has 0 fully saturated rings. The molecule has 0 saturated heterocycles. The Bertz CT molecular complexity index is 208. The SMILES string of the molecule is COCCNC(COC)(C(=O)OC)C(C)C. The van der Waals surface area contributed by atoms with E-state index in [0.29, 0.717) is 13.2 Å². The molecule has 0 aromatic rings. The molecule has 0 aromatic heterocycles. The maximum absolute atomic E-state index is 11.9. The highest BCUT2D eigenvalue weighted by Gasteiger charge is 2.42. The number of rotatable bonds is 8. The Labute approximate surface area is 97.4 Å². The van der Waals surface area contributed by atoms with Gasteiger partial charge in [0.05, 0.1) is 20.3 Å². The molecule has 1 N–H and O–H groups in total. The molecule has 16 heavy (non-hydrogen) atoms. The predicted octanol–water partition coefficient (Wildman–Crippen LogP) is 0.437. The van der Waals surface area contributed by atoms with E-state index in [4.69, 9.17) is 14.2 Å². The number of methoxy groups -OCH3 is 3. The van der Waals surface area contributed by atoms with Crippen molar-refractivity contribution in [1.29, 1.82) is 0 Å². The van der Waals surface area contributed by atoms with Crippen molar-refractivity contribution in [3.8, 4) is 0 Å². The summed E-state index contributed by atoms with van der Waals surface area (Å²) in [7, 11) is 4.57. The van der Waals surface area contributed by atoms with E-state index in [0.717, 1.165) is 0 Å². The third kappa shape index (κ3) is 3.73. The monoisotopic (exact) mass is 233 g/mol. The first-order valence-electron chi connectivity index (χ1n) is 5.36. The molecule has 0 rings (SSSR count). The summed E-state index contributed by atoms with van der Waals surface area (Å²) in [5, 5.41) is 3.16. The van der Waals surface area contributed by atoms with Crippen molar-refractivity contribution in [3.63, 3.8) is 0 Å². The molecule has 0 aromatic carbocycles. The number of carbonyl (C=O) groups is 1. The molecule has 0 spiro atoms. The van der Waals surface area contributed by atoms with E-state index in [9.17, 15) is 4.79 Å². The fraction of sp³-hybridized carbons (Fsp3) is 0.909. The Morgan fingerprint density at radius 1 is 1.25 bits per heavy atom. The molecule has 0 amide bonds. The van der Waals surface area contributed by atoms with E-state index < -0.39 is 5.54 Å². The predicted molar refractivity (Wildman–Crippen MR) is 61.3 cm³/mol. The molecule has 0 heterocycles. The van der Waals surface area contributed by atoms with E-state index in [1.165, 1.54) is 7.11 Å². The summed E-state index contributed by atoms with van der Waals surface area (Å²) >= 11 is 0. The first kappa shape index (κ1) is 15.3. The minimum atomic E-state index is -0.804. The Kier molecular flexibility index (Phi) is 7.29. The van der Waals surface area contributed by atoms with Crippen LogP contribution >= 0.6 is 0 Å². The lowest BCUT2D eigenvalue weighted by Crippen LogP contribution is -2.60. The van der Waals surface area contributed by atoms with Gasteiger partial charge in [-0.15, -0.1) is 0 Å². The quantitative estimate of drug-likeness (QED) is 0.487. The third-order valence-corrected chi connectivity index (χ3v) is 2.65. The van der Waals surface area contributed by atoms with Gasteiger partial charge in [-0.1, -0.05) is 13.8 Å². The molecule has 96 valence electrons. The van der Waals surface area contributed by atoms with Crippen LogP contribution in [0.4, 0.5) is 0 Å². The summed E-state index contributed by atoms with van der Waals surface area (Å²) in [6.45, 7) is 5.30. The highest BCUT2D eigenvalue weighted by molar-refractivity contribution is 5.81. The summed E-state index contributed by atoms with van der Waals surface area (Å²) < 4.78 is 14.9. The van der Waals surface area contributed by atoms with Gasteiger partial charge in [0, 0.05) is 20.8 Å². The molecule has 1 atom stereocenters. The van der Waals surface area contributed by atoms with Crippen LogP contribution < -0.4 is 5.32 Å². The van der Waals surface area contributed by atoms with Gasteiger partial charge in [0.25, 0.3) is 0 Å². The average molecular weight is 233 g/mol. The molecular weight excluding hydrogens is 210 g/mol. The minimum absolute atomic E-state index is 0.0664. The number of carbonyl (C=O) groups excluding carboxylic acids is 1. The largest absolute Gasteiger partial charge is 0.468 e. The lowest BCUT2D eigenvalue weighted by Gasteiger charge is -2.35. The Balaban J connectivity index is 4.72. The first-order valence-corrected chi connectivity index (χ1v) is 5.36. The van der Waals surface area contributed by atoms with Gasteiger partial charge in [0.15, 0.2) is 0 Å². The lowest BCUT2D eigenvalue weighted by molar-refractivity contribution is -0.153. The summed E-state index contributed by atoms with van der Waals surface area (Å²) in [5.41, 5.74) is -0.804. The number of hydrogen-bond acceptors (Lipinski definition) is 5. The van der Waals surface area contributed by atoms with Crippen LogP contribution in [-0.2, 0) is 19.0 Å². The summed E-state index contributed by atoms with van der Waals surface area (Å²) in [5.74, 6) is -0.239. The van der Waals surface area contributed by atoms with Gasteiger partial charge in [0.2, 0.25) is 0 Å². The zero-order chi connectivity index (χ0) is 12.6. The van der Waals surface area contributed by atoms with Gasteiger partial charge in [-0.2, -0.15) is 0 Å². The van der Waals surface area contributed by atoms with E-state index in [-0.39, 0.29) is 18.5 Å². The van der Waals surface area contributed by atoms with Crippen molar-refractivity contribution < 1.29 is 19.0 Å². The van der Waals surface area contributed by atoms with Crippen molar-refractivity contribution in [2.45, 2.75) is 19.4 Å². The van der Waals surface area contributed by atoms with Gasteiger partial charge in [0.1, 0.15) is 5.54 Å². The van der Waals surface area contributed by atoms with Crippen LogP contribution in [0.5, 0.6) is 0 Å². The van der Waals surface area contributed by atoms with Crippen molar-refractivity contribution in [3.05, 3.63) is 0 Å². The standard InChI is InChI=1S/C11H23NO4/c1-9(2)11(8-15-4,10(13)16-5)12-6-7-14-3/h9,12H,6-8H2,1-5H3. The fourth-order valence-electron chi connectivity index (χ4n) is 1.57. The molecule has 0 bridgehead atoms. The lowest BCUT2D eigenvalue weighted by atomic mass is 9.87. The maximum atomic E-state index is 11.9. The van der Waals surface area contributed by atoms with Gasteiger partial charge in [-0.25, -0.2) is 4.79 Å². The van der Waals surface area contributed by atoms with E-state index in [1.54, 1.807) is 14.2 Å². The van der Waals surface area contributed by atoms with E-state index >= 15 is 0 Å². The molecule has 5 heteroatoms. The highest BCUT2D eigenvalue weighted by Crippen LogP contribution is 2.19. The smallest absolute Gasteiger partial charge is 0.328 e. The van der Waals surface area contributed by atoms with Crippen molar-refractivity contribution in [2.24, 2.45) is 5.92 Å². The summed E-state index contributed by atoms with van der Waals surface area (Å²) in [4.78, 5) is 11.9. The second-order valence-electron chi connectivity index (χ2n) is 3.97. The molecule has 0 aliphatic rings. The second kappa shape index (κ2) is 7.60. The summed E-state index contributed by atoms with van der Waals surface area (Å²) in [6, 6.07) is 0. The van der Waals surface area contributed by atoms with E-state index in [2.05, 4.69) is 5.32 Å². The van der Waals surface area contributed by atoms with Crippen molar-refractivity contribution >= 4 is 5.97 Å². The van der Waals surface area contributed by atoms with Gasteiger partial charge in [-0.05, 0) is 5.92 Å². The normalized spacial score (nSPS) is 14.9. The highest BCUT2D eigenvalue weighted by atomic mass is 16.5. The third-order valence-electron chi connectivity index (χ3n) is 2.65. The Morgan fingerprint density at radius 2 is 1.88 bits per heavy atom.